The fourth-order valence-corrected chi connectivity index (χ4v) is 4.10. The summed E-state index contributed by atoms with van der Waals surface area (Å²) in [6.07, 6.45) is 0.993. The van der Waals surface area contributed by atoms with Crippen molar-refractivity contribution in [2.45, 2.75) is 19.4 Å². The summed E-state index contributed by atoms with van der Waals surface area (Å²) in [5, 5.41) is 11.6. The van der Waals surface area contributed by atoms with Crippen LogP contribution in [0.25, 0.3) is 0 Å². The maximum absolute atomic E-state index is 12.6. The molecule has 0 aliphatic carbocycles. The predicted octanol–water partition coefficient (Wildman–Crippen LogP) is 4.16. The van der Waals surface area contributed by atoms with Gasteiger partial charge in [0.1, 0.15) is 5.69 Å². The summed E-state index contributed by atoms with van der Waals surface area (Å²) < 4.78 is 0. The average molecular weight is 356 g/mol. The standard InChI is InChI=1S/C19H20N2O3S/c1-14-9-11-25-12-10-20(14)17-8-7-16(13-18(17)21(23)24)19(22)15-5-3-2-4-6-15/h2-8,13-14H,9-12H2,1H3. The van der Waals surface area contributed by atoms with E-state index in [9.17, 15) is 14.9 Å². The Labute approximate surface area is 151 Å². The van der Waals surface area contributed by atoms with E-state index in [1.165, 1.54) is 6.07 Å². The molecule has 0 aromatic heterocycles. The SMILES string of the molecule is CC1CCSCCN1c1ccc(C(=O)c2ccccc2)cc1[N+](=O)[O-]. The van der Waals surface area contributed by atoms with Crippen molar-refractivity contribution in [1.82, 2.24) is 0 Å². The molecule has 5 nitrogen and oxygen atoms in total. The summed E-state index contributed by atoms with van der Waals surface area (Å²) in [6.45, 7) is 2.87. The number of carbonyl (C=O) groups is 1. The topological polar surface area (TPSA) is 63.5 Å². The zero-order chi connectivity index (χ0) is 17.8. The largest absolute Gasteiger partial charge is 0.362 e. The number of nitrogens with zero attached hydrogens (tertiary/aromatic N) is 2. The molecule has 1 atom stereocenters. The highest BCUT2D eigenvalue weighted by Crippen LogP contribution is 2.33. The smallest absolute Gasteiger partial charge is 0.293 e. The summed E-state index contributed by atoms with van der Waals surface area (Å²) in [4.78, 5) is 25.9. The molecule has 1 saturated heterocycles. The first-order valence-electron chi connectivity index (χ1n) is 8.30. The highest BCUT2D eigenvalue weighted by Gasteiger charge is 2.26. The van der Waals surface area contributed by atoms with Crippen LogP contribution in [0.1, 0.15) is 29.3 Å². The molecular formula is C19H20N2O3S. The number of thioether (sulfide) groups is 1. The lowest BCUT2D eigenvalue weighted by Crippen LogP contribution is -2.34. The quantitative estimate of drug-likeness (QED) is 0.468. The second kappa shape index (κ2) is 7.70. The molecule has 1 fully saturated rings. The molecule has 130 valence electrons. The second-order valence-electron chi connectivity index (χ2n) is 6.10. The van der Waals surface area contributed by atoms with E-state index in [0.717, 1.165) is 24.5 Å². The lowest BCUT2D eigenvalue weighted by molar-refractivity contribution is -0.384. The lowest BCUT2D eigenvalue weighted by Gasteiger charge is -2.28. The minimum Gasteiger partial charge on any atom is -0.362 e. The number of hydrogen-bond acceptors (Lipinski definition) is 5. The van der Waals surface area contributed by atoms with Crippen LogP contribution in [0.15, 0.2) is 48.5 Å². The van der Waals surface area contributed by atoms with Gasteiger partial charge in [-0.05, 0) is 31.2 Å². The van der Waals surface area contributed by atoms with Crippen LogP contribution in [-0.2, 0) is 0 Å². The predicted molar refractivity (Wildman–Crippen MR) is 102 cm³/mol. The molecule has 25 heavy (non-hydrogen) atoms. The van der Waals surface area contributed by atoms with Crippen molar-refractivity contribution in [2.24, 2.45) is 0 Å². The van der Waals surface area contributed by atoms with Gasteiger partial charge in [-0.15, -0.1) is 0 Å². The van der Waals surface area contributed by atoms with Gasteiger partial charge in [0, 0.05) is 35.5 Å². The number of carbonyl (C=O) groups excluding carboxylic acids is 1. The fraction of sp³-hybridized carbons (Fsp3) is 0.316. The number of benzene rings is 2. The van der Waals surface area contributed by atoms with Gasteiger partial charge in [-0.25, -0.2) is 0 Å². The molecule has 0 N–H and O–H groups in total. The Morgan fingerprint density at radius 1 is 1.16 bits per heavy atom. The van der Waals surface area contributed by atoms with Gasteiger partial charge < -0.3 is 4.90 Å². The van der Waals surface area contributed by atoms with Gasteiger partial charge in [0.25, 0.3) is 5.69 Å². The van der Waals surface area contributed by atoms with Crippen LogP contribution in [0.4, 0.5) is 11.4 Å². The van der Waals surface area contributed by atoms with Gasteiger partial charge >= 0.3 is 0 Å². The van der Waals surface area contributed by atoms with Gasteiger partial charge in [-0.2, -0.15) is 11.8 Å². The van der Waals surface area contributed by atoms with Crippen LogP contribution < -0.4 is 4.90 Å². The van der Waals surface area contributed by atoms with Crippen molar-refractivity contribution in [3.8, 4) is 0 Å². The third kappa shape index (κ3) is 3.85. The van der Waals surface area contributed by atoms with Crippen LogP contribution in [0, 0.1) is 10.1 Å². The van der Waals surface area contributed by atoms with Gasteiger partial charge in [0.2, 0.25) is 0 Å². The third-order valence-corrected chi connectivity index (χ3v) is 5.46. The summed E-state index contributed by atoms with van der Waals surface area (Å²) in [5.74, 6) is 1.82. The van der Waals surface area contributed by atoms with Crippen molar-refractivity contribution in [1.29, 1.82) is 0 Å². The maximum atomic E-state index is 12.6. The van der Waals surface area contributed by atoms with E-state index in [-0.39, 0.29) is 22.4 Å². The van der Waals surface area contributed by atoms with Crippen molar-refractivity contribution >= 4 is 28.9 Å². The molecule has 0 spiro atoms. The third-order valence-electron chi connectivity index (χ3n) is 4.47. The zero-order valence-corrected chi connectivity index (χ0v) is 14.9. The van der Waals surface area contributed by atoms with Crippen LogP contribution in [0.3, 0.4) is 0 Å². The molecule has 1 aliphatic rings. The molecule has 6 heteroatoms. The monoisotopic (exact) mass is 356 g/mol. The maximum Gasteiger partial charge on any atom is 0.293 e. The number of nitro benzene ring substituents is 1. The summed E-state index contributed by atoms with van der Waals surface area (Å²) in [7, 11) is 0. The lowest BCUT2D eigenvalue weighted by atomic mass is 10.0. The van der Waals surface area contributed by atoms with Crippen molar-refractivity contribution < 1.29 is 9.72 Å². The van der Waals surface area contributed by atoms with Gasteiger partial charge in [-0.3, -0.25) is 14.9 Å². The van der Waals surface area contributed by atoms with Crippen LogP contribution in [-0.4, -0.2) is 34.8 Å². The highest BCUT2D eigenvalue weighted by molar-refractivity contribution is 7.99. The Morgan fingerprint density at radius 3 is 2.64 bits per heavy atom. The van der Waals surface area contributed by atoms with Gasteiger partial charge in [-0.1, -0.05) is 30.3 Å². The zero-order valence-electron chi connectivity index (χ0n) is 14.1. The van der Waals surface area contributed by atoms with E-state index in [2.05, 4.69) is 11.8 Å². The Kier molecular flexibility index (Phi) is 5.38. The highest BCUT2D eigenvalue weighted by atomic mass is 32.2. The summed E-state index contributed by atoms with van der Waals surface area (Å²) in [6, 6.07) is 13.9. The van der Waals surface area contributed by atoms with E-state index < -0.39 is 0 Å². The first-order valence-corrected chi connectivity index (χ1v) is 9.46. The molecule has 3 rings (SSSR count). The van der Waals surface area contributed by atoms with Gasteiger partial charge in [0.05, 0.1) is 4.92 Å². The molecule has 0 bridgehead atoms. The van der Waals surface area contributed by atoms with E-state index in [4.69, 9.17) is 0 Å². The Hall–Kier alpha value is -2.34. The Balaban J connectivity index is 1.98. The van der Waals surface area contributed by atoms with E-state index in [0.29, 0.717) is 16.8 Å². The van der Waals surface area contributed by atoms with E-state index in [1.54, 1.807) is 36.4 Å². The van der Waals surface area contributed by atoms with Crippen molar-refractivity contribution in [3.05, 3.63) is 69.8 Å². The Bertz CT molecular complexity index is 779. The first kappa shape index (κ1) is 17.5. The molecule has 1 unspecified atom stereocenters. The number of ketones is 1. The van der Waals surface area contributed by atoms with Crippen molar-refractivity contribution in [3.63, 3.8) is 0 Å². The molecule has 0 amide bonds. The fourth-order valence-electron chi connectivity index (χ4n) is 3.06. The molecule has 1 heterocycles. The molecular weight excluding hydrogens is 336 g/mol. The molecule has 2 aromatic carbocycles. The summed E-state index contributed by atoms with van der Waals surface area (Å²) >= 11 is 1.87. The van der Waals surface area contributed by atoms with Gasteiger partial charge in [0.15, 0.2) is 5.78 Å². The minimum absolute atomic E-state index is 0.000492. The van der Waals surface area contributed by atoms with Crippen LogP contribution in [0.5, 0.6) is 0 Å². The summed E-state index contributed by atoms with van der Waals surface area (Å²) in [5.41, 5.74) is 1.48. The minimum atomic E-state index is -0.387. The van der Waals surface area contributed by atoms with E-state index >= 15 is 0 Å². The van der Waals surface area contributed by atoms with E-state index in [1.807, 2.05) is 17.8 Å². The number of anilines is 1. The molecule has 1 aliphatic heterocycles. The van der Waals surface area contributed by atoms with Crippen LogP contribution in [0.2, 0.25) is 0 Å². The second-order valence-corrected chi connectivity index (χ2v) is 7.32. The first-order chi connectivity index (χ1) is 12.1. The van der Waals surface area contributed by atoms with Crippen LogP contribution >= 0.6 is 11.8 Å². The molecule has 0 saturated carbocycles. The number of nitro groups is 1. The number of rotatable bonds is 4. The molecule has 0 radical (unpaired) electrons. The van der Waals surface area contributed by atoms with Crippen molar-refractivity contribution in [2.75, 3.05) is 23.0 Å². The Morgan fingerprint density at radius 2 is 1.92 bits per heavy atom. The number of hydrogen-bond donors (Lipinski definition) is 0. The average Bonchev–Trinajstić information content (AvgIpc) is 2.85. The normalized spacial score (nSPS) is 17.8. The molecule has 2 aromatic rings.